The first-order valence-electron chi connectivity index (χ1n) is 8.64. The van der Waals surface area contributed by atoms with Gasteiger partial charge in [-0.1, -0.05) is 6.08 Å². The SMILES string of the molecule is Cc1c(F)ccc2c(C3=CC(C)N(C(=O)OC(C)(C)C)CC3)c[nH]c12. The maximum atomic E-state index is 13.7. The fraction of sp³-hybridized carbons (Fsp3) is 0.450. The van der Waals surface area contributed by atoms with Gasteiger partial charge < -0.3 is 14.6 Å². The summed E-state index contributed by atoms with van der Waals surface area (Å²) in [6.45, 7) is 9.98. The van der Waals surface area contributed by atoms with Crippen molar-refractivity contribution in [1.29, 1.82) is 0 Å². The Labute approximate surface area is 147 Å². The molecule has 0 fully saturated rings. The van der Waals surface area contributed by atoms with Crippen molar-refractivity contribution in [3.05, 3.63) is 41.3 Å². The summed E-state index contributed by atoms with van der Waals surface area (Å²) in [4.78, 5) is 17.3. The van der Waals surface area contributed by atoms with Crippen LogP contribution in [0.1, 0.15) is 45.2 Å². The number of nitrogens with one attached hydrogen (secondary N) is 1. The third-order valence-electron chi connectivity index (χ3n) is 4.58. The molecule has 1 N–H and O–H groups in total. The fourth-order valence-electron chi connectivity index (χ4n) is 3.30. The van der Waals surface area contributed by atoms with Gasteiger partial charge in [0, 0.05) is 29.3 Å². The molecule has 5 heteroatoms. The Balaban J connectivity index is 1.88. The number of amides is 1. The Morgan fingerprint density at radius 2 is 2.08 bits per heavy atom. The van der Waals surface area contributed by atoms with E-state index in [0.29, 0.717) is 12.1 Å². The molecular weight excluding hydrogens is 319 g/mol. The van der Waals surface area contributed by atoms with Crippen molar-refractivity contribution in [2.75, 3.05) is 6.54 Å². The molecule has 0 bridgehead atoms. The second kappa shape index (κ2) is 6.21. The summed E-state index contributed by atoms with van der Waals surface area (Å²) in [5, 5.41) is 1.02. The van der Waals surface area contributed by atoms with Crippen molar-refractivity contribution >= 4 is 22.6 Å². The Bertz CT molecular complexity index is 845. The first kappa shape index (κ1) is 17.5. The lowest BCUT2D eigenvalue weighted by molar-refractivity contribution is 0.0209. The second-order valence-corrected chi connectivity index (χ2v) is 7.65. The van der Waals surface area contributed by atoms with Gasteiger partial charge in [-0.2, -0.15) is 0 Å². The lowest BCUT2D eigenvalue weighted by Crippen LogP contribution is -2.43. The van der Waals surface area contributed by atoms with Gasteiger partial charge in [-0.05, 0) is 58.7 Å². The molecule has 1 aliphatic rings. The zero-order chi connectivity index (χ0) is 18.4. The van der Waals surface area contributed by atoms with Crippen LogP contribution in [-0.4, -0.2) is 34.2 Å². The molecule has 2 heterocycles. The predicted molar refractivity (Wildman–Crippen MR) is 98.0 cm³/mol. The number of hydrogen-bond donors (Lipinski definition) is 1. The number of hydrogen-bond acceptors (Lipinski definition) is 2. The molecule has 0 spiro atoms. The zero-order valence-electron chi connectivity index (χ0n) is 15.4. The van der Waals surface area contributed by atoms with E-state index in [1.807, 2.05) is 40.0 Å². The molecule has 4 nitrogen and oxygen atoms in total. The zero-order valence-corrected chi connectivity index (χ0v) is 15.4. The number of nitrogens with zero attached hydrogens (tertiary/aromatic N) is 1. The minimum atomic E-state index is -0.501. The number of ether oxygens (including phenoxy) is 1. The maximum Gasteiger partial charge on any atom is 0.410 e. The summed E-state index contributed by atoms with van der Waals surface area (Å²) in [5.41, 5.74) is 3.21. The molecule has 3 rings (SSSR count). The highest BCUT2D eigenvalue weighted by Gasteiger charge is 2.28. The van der Waals surface area contributed by atoms with E-state index in [9.17, 15) is 9.18 Å². The van der Waals surface area contributed by atoms with Crippen molar-refractivity contribution in [2.45, 2.75) is 52.7 Å². The van der Waals surface area contributed by atoms with Crippen LogP contribution in [0.4, 0.5) is 9.18 Å². The van der Waals surface area contributed by atoms with Gasteiger partial charge in [0.25, 0.3) is 0 Å². The molecule has 1 aromatic carbocycles. The van der Waals surface area contributed by atoms with Crippen LogP contribution < -0.4 is 0 Å². The van der Waals surface area contributed by atoms with E-state index in [-0.39, 0.29) is 18.0 Å². The van der Waals surface area contributed by atoms with Crippen LogP contribution in [0, 0.1) is 12.7 Å². The molecule has 1 amide bonds. The molecule has 2 aromatic rings. The largest absolute Gasteiger partial charge is 0.444 e. The van der Waals surface area contributed by atoms with E-state index < -0.39 is 5.60 Å². The average molecular weight is 344 g/mol. The molecule has 0 saturated heterocycles. The number of rotatable bonds is 1. The normalized spacial score (nSPS) is 18.4. The molecule has 134 valence electrons. The van der Waals surface area contributed by atoms with Crippen LogP contribution in [0.2, 0.25) is 0 Å². The van der Waals surface area contributed by atoms with Crippen molar-refractivity contribution in [3.63, 3.8) is 0 Å². The molecule has 0 aliphatic carbocycles. The lowest BCUT2D eigenvalue weighted by atomic mass is 9.95. The van der Waals surface area contributed by atoms with Crippen LogP contribution >= 0.6 is 0 Å². The van der Waals surface area contributed by atoms with Gasteiger partial charge >= 0.3 is 6.09 Å². The topological polar surface area (TPSA) is 45.3 Å². The van der Waals surface area contributed by atoms with Crippen molar-refractivity contribution in [3.8, 4) is 0 Å². The van der Waals surface area contributed by atoms with Crippen molar-refractivity contribution in [2.24, 2.45) is 0 Å². The quantitative estimate of drug-likeness (QED) is 0.789. The second-order valence-electron chi connectivity index (χ2n) is 7.65. The van der Waals surface area contributed by atoms with Gasteiger partial charge in [0.2, 0.25) is 0 Å². The number of benzene rings is 1. The highest BCUT2D eigenvalue weighted by molar-refractivity contribution is 5.94. The van der Waals surface area contributed by atoms with Gasteiger partial charge in [-0.15, -0.1) is 0 Å². The van der Waals surface area contributed by atoms with E-state index >= 15 is 0 Å². The number of halogens is 1. The summed E-state index contributed by atoms with van der Waals surface area (Å²) < 4.78 is 19.2. The van der Waals surface area contributed by atoms with Gasteiger partial charge in [-0.3, -0.25) is 0 Å². The number of aryl methyl sites for hydroxylation is 1. The Kier molecular flexibility index (Phi) is 4.35. The molecule has 0 radical (unpaired) electrons. The molecule has 1 aromatic heterocycles. The number of aromatic amines is 1. The summed E-state index contributed by atoms with van der Waals surface area (Å²) >= 11 is 0. The summed E-state index contributed by atoms with van der Waals surface area (Å²) in [7, 11) is 0. The number of fused-ring (bicyclic) bond motifs is 1. The number of aromatic nitrogens is 1. The first-order chi connectivity index (χ1) is 11.7. The molecular formula is C20H25FN2O2. The Hall–Kier alpha value is -2.30. The first-order valence-corrected chi connectivity index (χ1v) is 8.64. The van der Waals surface area contributed by atoms with Crippen LogP contribution in [0.3, 0.4) is 0 Å². The third-order valence-corrected chi connectivity index (χ3v) is 4.58. The fourth-order valence-corrected chi connectivity index (χ4v) is 3.30. The van der Waals surface area contributed by atoms with E-state index in [0.717, 1.165) is 22.9 Å². The van der Waals surface area contributed by atoms with E-state index in [4.69, 9.17) is 4.74 Å². The summed E-state index contributed by atoms with van der Waals surface area (Å²) in [6, 6.07) is 3.27. The summed E-state index contributed by atoms with van der Waals surface area (Å²) in [5.74, 6) is -0.206. The van der Waals surface area contributed by atoms with Gasteiger partial charge in [0.05, 0.1) is 11.6 Å². The van der Waals surface area contributed by atoms with Gasteiger partial charge in [0.1, 0.15) is 11.4 Å². The Morgan fingerprint density at radius 1 is 1.36 bits per heavy atom. The minimum Gasteiger partial charge on any atom is -0.444 e. The van der Waals surface area contributed by atoms with E-state index in [1.54, 1.807) is 11.8 Å². The standard InChI is InChI=1S/C20H25FN2O2/c1-12-10-14(8-9-23(12)19(24)25-20(3,4)5)16-11-22-18-13(2)17(21)7-6-15(16)18/h6-7,10-12,22H,8-9H2,1-5H3. The van der Waals surface area contributed by atoms with Crippen LogP contribution in [-0.2, 0) is 4.74 Å². The Morgan fingerprint density at radius 3 is 2.72 bits per heavy atom. The van der Waals surface area contributed by atoms with Crippen LogP contribution in [0.15, 0.2) is 24.4 Å². The van der Waals surface area contributed by atoms with Crippen molar-refractivity contribution < 1.29 is 13.9 Å². The smallest absolute Gasteiger partial charge is 0.410 e. The molecule has 1 aliphatic heterocycles. The van der Waals surface area contributed by atoms with Gasteiger partial charge in [0.15, 0.2) is 0 Å². The highest BCUT2D eigenvalue weighted by Crippen LogP contribution is 2.33. The molecule has 0 saturated carbocycles. The number of carbonyl (C=O) groups is 1. The van der Waals surface area contributed by atoms with Crippen LogP contribution in [0.5, 0.6) is 0 Å². The molecule has 1 unspecified atom stereocenters. The van der Waals surface area contributed by atoms with E-state index in [1.165, 1.54) is 11.6 Å². The van der Waals surface area contributed by atoms with Gasteiger partial charge in [-0.25, -0.2) is 9.18 Å². The predicted octanol–water partition coefficient (Wildman–Crippen LogP) is 5.03. The number of H-pyrrole nitrogens is 1. The maximum absolute atomic E-state index is 13.7. The monoisotopic (exact) mass is 344 g/mol. The lowest BCUT2D eigenvalue weighted by Gasteiger charge is -2.34. The summed E-state index contributed by atoms with van der Waals surface area (Å²) in [6.07, 6.45) is 4.48. The number of carbonyl (C=O) groups excluding carboxylic acids is 1. The molecule has 1 atom stereocenters. The highest BCUT2D eigenvalue weighted by atomic mass is 19.1. The third kappa shape index (κ3) is 3.41. The van der Waals surface area contributed by atoms with Crippen molar-refractivity contribution in [1.82, 2.24) is 9.88 Å². The van der Waals surface area contributed by atoms with E-state index in [2.05, 4.69) is 11.1 Å². The molecule has 25 heavy (non-hydrogen) atoms. The average Bonchev–Trinajstić information content (AvgIpc) is 2.93. The minimum absolute atomic E-state index is 0.0508. The van der Waals surface area contributed by atoms with Crippen LogP contribution in [0.25, 0.3) is 16.5 Å².